The van der Waals surface area contributed by atoms with E-state index in [9.17, 15) is 5.11 Å². The third-order valence-electron chi connectivity index (χ3n) is 4.48. The molecule has 0 radical (unpaired) electrons. The van der Waals surface area contributed by atoms with Gasteiger partial charge in [-0.3, -0.25) is 4.90 Å². The van der Waals surface area contributed by atoms with Crippen molar-refractivity contribution in [1.82, 2.24) is 15.1 Å². The number of likely N-dealkylation sites (tertiary alicyclic amines) is 1. The maximum Gasteiger partial charge on any atom is 0.247 e. The molecule has 4 rings (SSSR count). The molecule has 1 saturated heterocycles. The predicted molar refractivity (Wildman–Crippen MR) is 90.0 cm³/mol. The first kappa shape index (κ1) is 15.1. The van der Waals surface area contributed by atoms with Gasteiger partial charge >= 0.3 is 0 Å². The van der Waals surface area contributed by atoms with Gasteiger partial charge in [0.05, 0.1) is 6.54 Å². The number of hydrogen-bond acceptors (Lipinski definition) is 5. The van der Waals surface area contributed by atoms with Crippen LogP contribution in [0.4, 0.5) is 0 Å². The van der Waals surface area contributed by atoms with Crippen molar-refractivity contribution < 1.29 is 9.52 Å². The monoisotopic (exact) mass is 321 g/mol. The molecule has 1 unspecified atom stereocenters. The van der Waals surface area contributed by atoms with Gasteiger partial charge in [0.15, 0.2) is 0 Å². The standard InChI is InChI=1S/C19H19N3O2/c23-19(16-9-5-2-6-10-16)11-12-22(14-19)13-17-20-21-18(24-17)15-7-3-1-4-8-15/h1-10,23H,11-14H2. The number of nitrogens with zero attached hydrogens (tertiary/aromatic N) is 3. The molecule has 1 aromatic heterocycles. The van der Waals surface area contributed by atoms with E-state index in [0.717, 1.165) is 17.7 Å². The van der Waals surface area contributed by atoms with Crippen LogP contribution in [0.1, 0.15) is 17.9 Å². The Labute approximate surface area is 140 Å². The second kappa shape index (κ2) is 6.19. The summed E-state index contributed by atoms with van der Waals surface area (Å²) in [6.45, 7) is 1.92. The first-order chi connectivity index (χ1) is 11.7. The van der Waals surface area contributed by atoms with E-state index < -0.39 is 5.60 Å². The largest absolute Gasteiger partial charge is 0.419 e. The molecule has 0 bridgehead atoms. The van der Waals surface area contributed by atoms with Crippen molar-refractivity contribution in [2.75, 3.05) is 13.1 Å². The molecule has 5 nitrogen and oxygen atoms in total. The fourth-order valence-electron chi connectivity index (χ4n) is 3.20. The molecule has 3 aromatic rings. The zero-order valence-corrected chi connectivity index (χ0v) is 13.3. The Hall–Kier alpha value is -2.50. The van der Waals surface area contributed by atoms with E-state index in [1.807, 2.05) is 60.7 Å². The van der Waals surface area contributed by atoms with Crippen LogP contribution in [0, 0.1) is 0 Å². The molecule has 0 saturated carbocycles. The van der Waals surface area contributed by atoms with Crippen LogP contribution in [-0.4, -0.2) is 33.3 Å². The molecule has 0 aliphatic carbocycles. The lowest BCUT2D eigenvalue weighted by atomic mass is 9.93. The Morgan fingerprint density at radius 3 is 2.46 bits per heavy atom. The van der Waals surface area contributed by atoms with Crippen LogP contribution in [0.25, 0.3) is 11.5 Å². The van der Waals surface area contributed by atoms with E-state index in [1.54, 1.807) is 0 Å². The van der Waals surface area contributed by atoms with Gasteiger partial charge in [0.25, 0.3) is 0 Å². The van der Waals surface area contributed by atoms with E-state index in [4.69, 9.17) is 4.42 Å². The minimum atomic E-state index is -0.802. The smallest absolute Gasteiger partial charge is 0.247 e. The van der Waals surface area contributed by atoms with Crippen molar-refractivity contribution in [2.45, 2.75) is 18.6 Å². The number of aromatic nitrogens is 2. The molecule has 1 fully saturated rings. The molecule has 0 amide bonds. The molecular formula is C19H19N3O2. The van der Waals surface area contributed by atoms with Crippen molar-refractivity contribution >= 4 is 0 Å². The Bertz CT molecular complexity index is 804. The van der Waals surface area contributed by atoms with Gasteiger partial charge in [0.1, 0.15) is 5.60 Å². The number of hydrogen-bond donors (Lipinski definition) is 1. The molecule has 1 aliphatic heterocycles. The second-order valence-corrected chi connectivity index (χ2v) is 6.23. The maximum absolute atomic E-state index is 10.9. The van der Waals surface area contributed by atoms with Crippen LogP contribution in [0.5, 0.6) is 0 Å². The van der Waals surface area contributed by atoms with Crippen molar-refractivity contribution in [3.05, 3.63) is 72.1 Å². The van der Waals surface area contributed by atoms with Crippen LogP contribution in [0.2, 0.25) is 0 Å². The number of aliphatic hydroxyl groups is 1. The molecule has 24 heavy (non-hydrogen) atoms. The van der Waals surface area contributed by atoms with Crippen LogP contribution in [0.3, 0.4) is 0 Å². The maximum atomic E-state index is 10.9. The Morgan fingerprint density at radius 1 is 1.00 bits per heavy atom. The van der Waals surface area contributed by atoms with E-state index >= 15 is 0 Å². The SMILES string of the molecule is OC1(c2ccccc2)CCN(Cc2nnc(-c3ccccc3)o2)C1. The second-order valence-electron chi connectivity index (χ2n) is 6.23. The summed E-state index contributed by atoms with van der Waals surface area (Å²) in [7, 11) is 0. The molecular weight excluding hydrogens is 302 g/mol. The fraction of sp³-hybridized carbons (Fsp3) is 0.263. The zero-order chi connectivity index (χ0) is 16.4. The first-order valence-corrected chi connectivity index (χ1v) is 8.11. The van der Waals surface area contributed by atoms with Gasteiger partial charge in [0.2, 0.25) is 11.8 Å². The van der Waals surface area contributed by atoms with Crippen LogP contribution in [-0.2, 0) is 12.1 Å². The molecule has 5 heteroatoms. The minimum Gasteiger partial charge on any atom is -0.419 e. The molecule has 1 N–H and O–H groups in total. The molecule has 2 aromatic carbocycles. The summed E-state index contributed by atoms with van der Waals surface area (Å²) in [6.07, 6.45) is 0.705. The molecule has 1 aliphatic rings. The molecule has 0 spiro atoms. The third-order valence-corrected chi connectivity index (χ3v) is 4.48. The fourth-order valence-corrected chi connectivity index (χ4v) is 3.20. The van der Waals surface area contributed by atoms with Gasteiger partial charge in [-0.25, -0.2) is 0 Å². The van der Waals surface area contributed by atoms with Crippen molar-refractivity contribution in [1.29, 1.82) is 0 Å². The number of rotatable bonds is 4. The molecule has 122 valence electrons. The summed E-state index contributed by atoms with van der Waals surface area (Å²) in [6, 6.07) is 19.6. The Kier molecular flexibility index (Phi) is 3.88. The van der Waals surface area contributed by atoms with E-state index in [0.29, 0.717) is 31.3 Å². The summed E-state index contributed by atoms with van der Waals surface area (Å²) in [5.41, 5.74) is 1.07. The zero-order valence-electron chi connectivity index (χ0n) is 13.3. The van der Waals surface area contributed by atoms with E-state index in [-0.39, 0.29) is 0 Å². The van der Waals surface area contributed by atoms with Crippen LogP contribution in [0.15, 0.2) is 65.1 Å². The van der Waals surface area contributed by atoms with Gasteiger partial charge < -0.3 is 9.52 Å². The first-order valence-electron chi connectivity index (χ1n) is 8.11. The quantitative estimate of drug-likeness (QED) is 0.800. The summed E-state index contributed by atoms with van der Waals surface area (Å²) in [4.78, 5) is 2.15. The summed E-state index contributed by atoms with van der Waals surface area (Å²) in [5, 5.41) is 19.1. The van der Waals surface area contributed by atoms with Crippen molar-refractivity contribution in [3.63, 3.8) is 0 Å². The molecule has 2 heterocycles. The van der Waals surface area contributed by atoms with Gasteiger partial charge in [-0.05, 0) is 24.1 Å². The topological polar surface area (TPSA) is 62.4 Å². The highest BCUT2D eigenvalue weighted by Gasteiger charge is 2.37. The Balaban J connectivity index is 1.45. The van der Waals surface area contributed by atoms with Gasteiger partial charge in [-0.2, -0.15) is 0 Å². The highest BCUT2D eigenvalue weighted by Crippen LogP contribution is 2.32. The minimum absolute atomic E-state index is 0.531. The van der Waals surface area contributed by atoms with Gasteiger partial charge in [-0.1, -0.05) is 48.5 Å². The average Bonchev–Trinajstić information content (AvgIpc) is 3.25. The summed E-state index contributed by atoms with van der Waals surface area (Å²) in [5.74, 6) is 1.11. The third kappa shape index (κ3) is 2.96. The van der Waals surface area contributed by atoms with Gasteiger partial charge in [-0.15, -0.1) is 10.2 Å². The average molecular weight is 321 g/mol. The highest BCUT2D eigenvalue weighted by molar-refractivity contribution is 5.51. The summed E-state index contributed by atoms with van der Waals surface area (Å²) >= 11 is 0. The predicted octanol–water partition coefficient (Wildman–Crippen LogP) is 2.83. The van der Waals surface area contributed by atoms with Crippen LogP contribution < -0.4 is 0 Å². The van der Waals surface area contributed by atoms with E-state index in [1.165, 1.54) is 0 Å². The normalized spacial score (nSPS) is 21.2. The lowest BCUT2D eigenvalue weighted by Crippen LogP contribution is -2.30. The highest BCUT2D eigenvalue weighted by atomic mass is 16.4. The Morgan fingerprint density at radius 2 is 1.71 bits per heavy atom. The van der Waals surface area contributed by atoms with Gasteiger partial charge in [0, 0.05) is 18.7 Å². The lowest BCUT2D eigenvalue weighted by molar-refractivity contribution is 0.0444. The number of β-amino-alcohol motifs (C(OH)–C–C–N with tert-alkyl or cyclic N) is 1. The van der Waals surface area contributed by atoms with Crippen molar-refractivity contribution in [2.24, 2.45) is 0 Å². The molecule has 1 atom stereocenters. The number of benzene rings is 2. The summed E-state index contributed by atoms with van der Waals surface area (Å²) < 4.78 is 5.76. The van der Waals surface area contributed by atoms with E-state index in [2.05, 4.69) is 15.1 Å². The lowest BCUT2D eigenvalue weighted by Gasteiger charge is -2.23. The van der Waals surface area contributed by atoms with Crippen LogP contribution >= 0.6 is 0 Å². The van der Waals surface area contributed by atoms with Crippen molar-refractivity contribution in [3.8, 4) is 11.5 Å².